The summed E-state index contributed by atoms with van der Waals surface area (Å²) in [6.45, 7) is 5.33. The summed E-state index contributed by atoms with van der Waals surface area (Å²) in [5, 5.41) is 1.87. The normalized spacial score (nSPS) is 16.8. The van der Waals surface area contributed by atoms with E-state index in [0.717, 1.165) is 37.4 Å². The summed E-state index contributed by atoms with van der Waals surface area (Å²) in [6, 6.07) is 0. The molecule has 0 aliphatic carbocycles. The van der Waals surface area contributed by atoms with E-state index in [2.05, 4.69) is 16.9 Å². The minimum atomic E-state index is -0.466. The molecule has 110 valence electrons. The molecule has 7 heteroatoms. The van der Waals surface area contributed by atoms with Crippen molar-refractivity contribution in [1.29, 1.82) is 0 Å². The van der Waals surface area contributed by atoms with E-state index in [0.29, 0.717) is 18.8 Å². The van der Waals surface area contributed by atoms with Crippen molar-refractivity contribution in [3.8, 4) is 0 Å². The molecule has 0 saturated carbocycles. The first kappa shape index (κ1) is 14.9. The number of hydrogen-bond acceptors (Lipinski definition) is 6. The number of likely N-dealkylation sites (N-methyl/N-ethyl adjacent to an activating group) is 1. The lowest BCUT2D eigenvalue weighted by Crippen LogP contribution is -2.34. The zero-order chi connectivity index (χ0) is 14.5. The van der Waals surface area contributed by atoms with Crippen molar-refractivity contribution < 1.29 is 14.3 Å². The van der Waals surface area contributed by atoms with E-state index in [-0.39, 0.29) is 10.9 Å². The van der Waals surface area contributed by atoms with Crippen molar-refractivity contribution >= 4 is 23.2 Å². The number of esters is 1. The lowest BCUT2D eigenvalue weighted by molar-refractivity contribution is 0.0526. The van der Waals surface area contributed by atoms with Crippen LogP contribution in [0.5, 0.6) is 0 Å². The maximum absolute atomic E-state index is 12.4. The predicted molar refractivity (Wildman–Crippen MR) is 76.1 cm³/mol. The Morgan fingerprint density at radius 1 is 1.35 bits per heavy atom. The average Bonchev–Trinajstić information content (AvgIpc) is 2.82. The van der Waals surface area contributed by atoms with Gasteiger partial charge >= 0.3 is 5.97 Å². The monoisotopic (exact) mass is 297 g/mol. The quantitative estimate of drug-likeness (QED) is 0.782. The molecular weight excluding hydrogens is 278 g/mol. The highest BCUT2D eigenvalue weighted by atomic mass is 32.1. The van der Waals surface area contributed by atoms with Gasteiger partial charge in [0.2, 0.25) is 5.01 Å². The van der Waals surface area contributed by atoms with Gasteiger partial charge in [-0.15, -0.1) is 11.3 Å². The van der Waals surface area contributed by atoms with E-state index in [9.17, 15) is 9.59 Å². The molecule has 0 radical (unpaired) electrons. The summed E-state index contributed by atoms with van der Waals surface area (Å²) in [5.41, 5.74) is 0.336. The molecular formula is C13H19N3O3S. The van der Waals surface area contributed by atoms with Crippen LogP contribution in [0.1, 0.15) is 33.6 Å². The second-order valence-corrected chi connectivity index (χ2v) is 5.57. The van der Waals surface area contributed by atoms with E-state index in [1.54, 1.807) is 17.2 Å². The minimum absolute atomic E-state index is 0.105. The first-order chi connectivity index (χ1) is 9.61. The molecule has 20 heavy (non-hydrogen) atoms. The van der Waals surface area contributed by atoms with Gasteiger partial charge in [-0.2, -0.15) is 0 Å². The van der Waals surface area contributed by atoms with Crippen LogP contribution in [0.3, 0.4) is 0 Å². The number of carbonyl (C=O) groups is 2. The van der Waals surface area contributed by atoms with Crippen LogP contribution in [-0.2, 0) is 4.74 Å². The second kappa shape index (κ2) is 6.81. The molecule has 0 atom stereocenters. The predicted octanol–water partition coefficient (Wildman–Crippen LogP) is 1.10. The molecule has 0 bridgehead atoms. The van der Waals surface area contributed by atoms with E-state index >= 15 is 0 Å². The summed E-state index contributed by atoms with van der Waals surface area (Å²) in [4.78, 5) is 32.0. The Morgan fingerprint density at radius 2 is 2.15 bits per heavy atom. The Kier molecular flexibility index (Phi) is 5.08. The van der Waals surface area contributed by atoms with E-state index in [4.69, 9.17) is 4.74 Å². The molecule has 1 aliphatic heterocycles. The zero-order valence-corrected chi connectivity index (χ0v) is 12.6. The van der Waals surface area contributed by atoms with E-state index in [1.165, 1.54) is 0 Å². The molecule has 1 aromatic heterocycles. The van der Waals surface area contributed by atoms with Gasteiger partial charge in [0.05, 0.1) is 6.61 Å². The Bertz CT molecular complexity index is 489. The van der Waals surface area contributed by atoms with Gasteiger partial charge in [0.1, 0.15) is 5.69 Å². The molecule has 6 nitrogen and oxygen atoms in total. The number of nitrogens with zero attached hydrogens (tertiary/aromatic N) is 3. The van der Waals surface area contributed by atoms with Gasteiger partial charge in [-0.1, -0.05) is 0 Å². The van der Waals surface area contributed by atoms with Crippen molar-refractivity contribution in [2.75, 3.05) is 39.8 Å². The molecule has 2 heterocycles. The lowest BCUT2D eigenvalue weighted by atomic mass is 10.3. The van der Waals surface area contributed by atoms with Gasteiger partial charge in [-0.05, 0) is 26.9 Å². The molecule has 0 aromatic carbocycles. The molecule has 0 N–H and O–H groups in total. The molecule has 0 spiro atoms. The number of aromatic nitrogens is 1. The molecule has 2 rings (SSSR count). The van der Waals surface area contributed by atoms with Crippen molar-refractivity contribution in [3.05, 3.63) is 16.1 Å². The van der Waals surface area contributed by atoms with Gasteiger partial charge in [-0.3, -0.25) is 4.79 Å². The molecule has 1 aliphatic rings. The molecule has 1 aromatic rings. The van der Waals surface area contributed by atoms with Crippen LogP contribution in [0, 0.1) is 0 Å². The minimum Gasteiger partial charge on any atom is -0.461 e. The van der Waals surface area contributed by atoms with E-state index in [1.807, 2.05) is 0 Å². The van der Waals surface area contributed by atoms with Gasteiger partial charge < -0.3 is 14.5 Å². The summed E-state index contributed by atoms with van der Waals surface area (Å²) < 4.78 is 4.88. The number of thiazole rings is 1. The maximum Gasteiger partial charge on any atom is 0.367 e. The van der Waals surface area contributed by atoms with E-state index < -0.39 is 5.97 Å². The Balaban J connectivity index is 2.03. The fourth-order valence-electron chi connectivity index (χ4n) is 2.07. The zero-order valence-electron chi connectivity index (χ0n) is 11.8. The summed E-state index contributed by atoms with van der Waals surface area (Å²) >= 11 is 1.15. The number of hydrogen-bond donors (Lipinski definition) is 0. The van der Waals surface area contributed by atoms with Crippen molar-refractivity contribution in [2.45, 2.75) is 13.3 Å². The van der Waals surface area contributed by atoms with Crippen LogP contribution in [0.4, 0.5) is 0 Å². The molecule has 1 saturated heterocycles. The van der Waals surface area contributed by atoms with Crippen molar-refractivity contribution in [2.24, 2.45) is 0 Å². The summed E-state index contributed by atoms with van der Waals surface area (Å²) in [5.74, 6) is -0.570. The van der Waals surface area contributed by atoms with Crippen LogP contribution in [0.2, 0.25) is 0 Å². The summed E-state index contributed by atoms with van der Waals surface area (Å²) in [7, 11) is 2.05. The van der Waals surface area contributed by atoms with Crippen LogP contribution in [-0.4, -0.2) is 66.5 Å². The topological polar surface area (TPSA) is 62.7 Å². The van der Waals surface area contributed by atoms with Gasteiger partial charge in [-0.25, -0.2) is 9.78 Å². The standard InChI is InChI=1S/C13H19N3O3S/c1-3-19-13(18)11-14-10(9-20-11)12(17)16-6-4-5-15(2)7-8-16/h9H,3-8H2,1-2H3. The first-order valence-electron chi connectivity index (χ1n) is 6.72. The van der Waals surface area contributed by atoms with Crippen molar-refractivity contribution in [3.63, 3.8) is 0 Å². The van der Waals surface area contributed by atoms with Gasteiger partial charge in [0.15, 0.2) is 0 Å². The smallest absolute Gasteiger partial charge is 0.367 e. The number of rotatable bonds is 3. The molecule has 1 amide bonds. The third kappa shape index (κ3) is 3.55. The highest BCUT2D eigenvalue weighted by Crippen LogP contribution is 2.14. The number of amides is 1. The lowest BCUT2D eigenvalue weighted by Gasteiger charge is -2.19. The largest absolute Gasteiger partial charge is 0.461 e. The number of ether oxygens (including phenoxy) is 1. The highest BCUT2D eigenvalue weighted by Gasteiger charge is 2.22. The first-order valence-corrected chi connectivity index (χ1v) is 7.60. The number of carbonyl (C=O) groups excluding carboxylic acids is 2. The fourth-order valence-corrected chi connectivity index (χ4v) is 2.75. The SMILES string of the molecule is CCOC(=O)c1nc(C(=O)N2CCCN(C)CC2)cs1. The van der Waals surface area contributed by atoms with Gasteiger partial charge in [0.25, 0.3) is 5.91 Å². The Morgan fingerprint density at radius 3 is 2.90 bits per heavy atom. The average molecular weight is 297 g/mol. The van der Waals surface area contributed by atoms with Crippen molar-refractivity contribution in [1.82, 2.24) is 14.8 Å². The summed E-state index contributed by atoms with van der Waals surface area (Å²) in [6.07, 6.45) is 0.955. The Hall–Kier alpha value is -1.47. The third-order valence-corrected chi connectivity index (χ3v) is 4.00. The molecule has 1 fully saturated rings. The molecule has 0 unspecified atom stereocenters. The highest BCUT2D eigenvalue weighted by molar-refractivity contribution is 7.11. The second-order valence-electron chi connectivity index (χ2n) is 4.71. The third-order valence-electron chi connectivity index (χ3n) is 3.18. The fraction of sp³-hybridized carbons (Fsp3) is 0.615. The maximum atomic E-state index is 12.4. The van der Waals surface area contributed by atoms with Gasteiger partial charge in [0, 0.05) is 25.0 Å². The van der Waals surface area contributed by atoms with Crippen LogP contribution in [0.15, 0.2) is 5.38 Å². The van der Waals surface area contributed by atoms with Crippen LogP contribution < -0.4 is 0 Å². The van der Waals surface area contributed by atoms with Crippen LogP contribution >= 0.6 is 11.3 Å². The van der Waals surface area contributed by atoms with Crippen LogP contribution in [0.25, 0.3) is 0 Å². The Labute approximate surface area is 122 Å².